The van der Waals surface area contributed by atoms with Crippen LogP contribution in [-0.2, 0) is 0 Å². The molecule has 1 aromatic rings. The van der Waals surface area contributed by atoms with Crippen LogP contribution in [0.5, 0.6) is 0 Å². The average molecular weight is 266 g/mol. The monoisotopic (exact) mass is 266 g/mol. The Bertz CT molecular complexity index is 500. The van der Waals surface area contributed by atoms with E-state index in [0.29, 0.717) is 12.5 Å². The predicted octanol–water partition coefficient (Wildman–Crippen LogP) is 1.79. The number of halogens is 2. The summed E-state index contributed by atoms with van der Waals surface area (Å²) < 4.78 is 27.4. The van der Waals surface area contributed by atoms with E-state index in [2.05, 4.69) is 5.32 Å². The van der Waals surface area contributed by atoms with Gasteiger partial charge in [0.1, 0.15) is 17.2 Å². The number of fused-ring (bicyclic) bond motifs is 1. The number of likely N-dealkylation sites (tertiary alicyclic amines) is 1. The van der Waals surface area contributed by atoms with Gasteiger partial charge in [-0.1, -0.05) is 6.07 Å². The van der Waals surface area contributed by atoms with Crippen LogP contribution in [0.4, 0.5) is 8.78 Å². The molecule has 19 heavy (non-hydrogen) atoms. The zero-order chi connectivity index (χ0) is 13.6. The number of benzene rings is 1. The van der Waals surface area contributed by atoms with Crippen LogP contribution < -0.4 is 5.32 Å². The zero-order valence-corrected chi connectivity index (χ0v) is 10.7. The second kappa shape index (κ2) is 4.56. The first-order valence-corrected chi connectivity index (χ1v) is 6.57. The van der Waals surface area contributed by atoms with E-state index in [1.807, 2.05) is 6.92 Å². The highest BCUT2D eigenvalue weighted by Gasteiger charge is 2.45. The number of hydrogen-bond donors (Lipinski definition) is 1. The molecule has 0 aromatic heterocycles. The third-order valence-electron chi connectivity index (χ3n) is 4.19. The Hall–Kier alpha value is -1.49. The lowest BCUT2D eigenvalue weighted by Gasteiger charge is -2.28. The quantitative estimate of drug-likeness (QED) is 0.840. The molecule has 1 amide bonds. The smallest absolute Gasteiger partial charge is 0.260 e. The molecule has 2 fully saturated rings. The molecule has 0 saturated carbocycles. The topological polar surface area (TPSA) is 32.3 Å². The molecule has 1 N–H and O–H groups in total. The van der Waals surface area contributed by atoms with E-state index in [1.165, 1.54) is 6.07 Å². The molecule has 3 atom stereocenters. The molecule has 2 aliphatic rings. The van der Waals surface area contributed by atoms with E-state index >= 15 is 0 Å². The van der Waals surface area contributed by atoms with Gasteiger partial charge in [0.15, 0.2) is 0 Å². The van der Waals surface area contributed by atoms with Crippen molar-refractivity contribution < 1.29 is 13.6 Å². The molecule has 5 heteroatoms. The van der Waals surface area contributed by atoms with Gasteiger partial charge in [0, 0.05) is 25.2 Å². The molecule has 0 spiro atoms. The molecule has 0 aliphatic carbocycles. The summed E-state index contributed by atoms with van der Waals surface area (Å²) in [4.78, 5) is 14.1. The molecule has 2 saturated heterocycles. The predicted molar refractivity (Wildman–Crippen MR) is 66.8 cm³/mol. The van der Waals surface area contributed by atoms with E-state index in [4.69, 9.17) is 0 Å². The van der Waals surface area contributed by atoms with Gasteiger partial charge in [-0.15, -0.1) is 0 Å². The van der Waals surface area contributed by atoms with Crippen LogP contribution in [0.2, 0.25) is 0 Å². The van der Waals surface area contributed by atoms with Crippen molar-refractivity contribution in [3.05, 3.63) is 35.4 Å². The molecule has 3 rings (SSSR count). The summed E-state index contributed by atoms with van der Waals surface area (Å²) in [6.45, 7) is 3.52. The number of nitrogens with one attached hydrogen (secondary N) is 1. The van der Waals surface area contributed by atoms with Gasteiger partial charge in [-0.05, 0) is 31.4 Å². The van der Waals surface area contributed by atoms with Gasteiger partial charge >= 0.3 is 0 Å². The van der Waals surface area contributed by atoms with Crippen molar-refractivity contribution in [1.29, 1.82) is 0 Å². The molecule has 2 aliphatic heterocycles. The minimum absolute atomic E-state index is 0.0311. The van der Waals surface area contributed by atoms with Gasteiger partial charge < -0.3 is 10.2 Å². The van der Waals surface area contributed by atoms with Gasteiger partial charge in [0.2, 0.25) is 0 Å². The van der Waals surface area contributed by atoms with Gasteiger partial charge in [0.25, 0.3) is 5.91 Å². The van der Waals surface area contributed by atoms with E-state index < -0.39 is 23.1 Å². The lowest BCUT2D eigenvalue weighted by molar-refractivity contribution is 0.0672. The number of nitrogens with zero attached hydrogens (tertiary/aromatic N) is 1. The lowest BCUT2D eigenvalue weighted by Crippen LogP contribution is -2.43. The Morgan fingerprint density at radius 2 is 2.00 bits per heavy atom. The van der Waals surface area contributed by atoms with Crippen LogP contribution >= 0.6 is 0 Å². The first-order chi connectivity index (χ1) is 9.09. The Balaban J connectivity index is 1.95. The van der Waals surface area contributed by atoms with Crippen LogP contribution in [0, 0.1) is 17.6 Å². The summed E-state index contributed by atoms with van der Waals surface area (Å²) in [7, 11) is 0. The summed E-state index contributed by atoms with van der Waals surface area (Å²) in [5.41, 5.74) is -0.429. The maximum atomic E-state index is 13.7. The van der Waals surface area contributed by atoms with Crippen molar-refractivity contribution in [2.24, 2.45) is 5.92 Å². The molecule has 102 valence electrons. The normalized spacial score (nSPS) is 29.6. The van der Waals surface area contributed by atoms with E-state index in [9.17, 15) is 13.6 Å². The second-order valence-electron chi connectivity index (χ2n) is 5.38. The third-order valence-corrected chi connectivity index (χ3v) is 4.19. The van der Waals surface area contributed by atoms with Crippen molar-refractivity contribution in [3.63, 3.8) is 0 Å². The summed E-state index contributed by atoms with van der Waals surface area (Å²) in [6, 6.07) is 3.61. The highest BCUT2D eigenvalue weighted by atomic mass is 19.1. The summed E-state index contributed by atoms with van der Waals surface area (Å²) in [6.07, 6.45) is 0.888. The van der Waals surface area contributed by atoms with Crippen molar-refractivity contribution in [1.82, 2.24) is 10.2 Å². The Morgan fingerprint density at radius 1 is 1.32 bits per heavy atom. The Morgan fingerprint density at radius 3 is 2.68 bits per heavy atom. The van der Waals surface area contributed by atoms with Crippen LogP contribution in [0.15, 0.2) is 18.2 Å². The highest BCUT2D eigenvalue weighted by molar-refractivity contribution is 5.95. The largest absolute Gasteiger partial charge is 0.331 e. The summed E-state index contributed by atoms with van der Waals surface area (Å²) in [5, 5.41) is 3.23. The highest BCUT2D eigenvalue weighted by Crippen LogP contribution is 2.34. The first-order valence-electron chi connectivity index (χ1n) is 6.57. The van der Waals surface area contributed by atoms with Crippen molar-refractivity contribution >= 4 is 5.91 Å². The van der Waals surface area contributed by atoms with Crippen molar-refractivity contribution in [2.75, 3.05) is 13.1 Å². The maximum absolute atomic E-state index is 13.7. The molecule has 0 radical (unpaired) electrons. The fourth-order valence-corrected chi connectivity index (χ4v) is 3.35. The van der Waals surface area contributed by atoms with Crippen molar-refractivity contribution in [2.45, 2.75) is 25.4 Å². The zero-order valence-electron chi connectivity index (χ0n) is 10.7. The van der Waals surface area contributed by atoms with Gasteiger partial charge in [-0.3, -0.25) is 4.79 Å². The lowest BCUT2D eigenvalue weighted by atomic mass is 10.0. The minimum atomic E-state index is -0.786. The average Bonchev–Trinajstić information content (AvgIpc) is 2.87. The summed E-state index contributed by atoms with van der Waals surface area (Å²) in [5.74, 6) is -1.70. The van der Waals surface area contributed by atoms with Crippen LogP contribution in [-0.4, -0.2) is 36.0 Å². The van der Waals surface area contributed by atoms with Crippen molar-refractivity contribution in [3.8, 4) is 0 Å². The van der Waals surface area contributed by atoms with E-state index in [0.717, 1.165) is 25.1 Å². The number of hydrogen-bond acceptors (Lipinski definition) is 2. The third kappa shape index (κ3) is 1.92. The van der Waals surface area contributed by atoms with Gasteiger partial charge in [-0.25, -0.2) is 8.78 Å². The van der Waals surface area contributed by atoms with Crippen LogP contribution in [0.3, 0.4) is 0 Å². The van der Waals surface area contributed by atoms with E-state index in [-0.39, 0.29) is 12.1 Å². The minimum Gasteiger partial charge on any atom is -0.331 e. The molecule has 3 unspecified atom stereocenters. The van der Waals surface area contributed by atoms with Crippen LogP contribution in [0.1, 0.15) is 23.7 Å². The fraction of sp³-hybridized carbons (Fsp3) is 0.500. The molecule has 0 bridgehead atoms. The maximum Gasteiger partial charge on any atom is 0.260 e. The molecule has 3 nitrogen and oxygen atoms in total. The Kier molecular flexibility index (Phi) is 3.01. The molecule has 1 aromatic carbocycles. The Labute approximate surface area is 110 Å². The number of carbonyl (C=O) groups is 1. The number of carbonyl (C=O) groups excluding carboxylic acids is 1. The van der Waals surface area contributed by atoms with Crippen LogP contribution in [0.25, 0.3) is 0 Å². The van der Waals surface area contributed by atoms with E-state index in [1.54, 1.807) is 4.90 Å². The molecule has 2 heterocycles. The SMILES string of the molecule is CC1CC2CNCC2N1C(=O)c1c(F)cccc1F. The summed E-state index contributed by atoms with van der Waals surface area (Å²) >= 11 is 0. The number of amides is 1. The molecular formula is C14H16F2N2O. The molecular weight excluding hydrogens is 250 g/mol. The number of rotatable bonds is 1. The van der Waals surface area contributed by atoms with Gasteiger partial charge in [-0.2, -0.15) is 0 Å². The first kappa shape index (κ1) is 12.5. The fourth-order valence-electron chi connectivity index (χ4n) is 3.35. The second-order valence-corrected chi connectivity index (χ2v) is 5.38. The standard InChI is InChI=1S/C14H16F2N2O/c1-8-5-9-6-17-7-12(9)18(8)14(19)13-10(15)3-2-4-11(13)16/h2-4,8-9,12,17H,5-7H2,1H3. The van der Waals surface area contributed by atoms with Gasteiger partial charge in [0.05, 0.1) is 0 Å².